The maximum absolute atomic E-state index is 12.7. The number of benzene rings is 2. The van der Waals surface area contributed by atoms with E-state index in [2.05, 4.69) is 10.6 Å². The molecule has 2 N–H and O–H groups in total. The van der Waals surface area contributed by atoms with E-state index in [1.54, 1.807) is 25.1 Å². The van der Waals surface area contributed by atoms with E-state index in [1.807, 2.05) is 18.2 Å². The molecule has 0 aromatic heterocycles. The van der Waals surface area contributed by atoms with Gasteiger partial charge >= 0.3 is 6.16 Å². The van der Waals surface area contributed by atoms with Crippen molar-refractivity contribution in [3.8, 4) is 5.75 Å². The van der Waals surface area contributed by atoms with Crippen molar-refractivity contribution in [1.29, 1.82) is 0 Å². The summed E-state index contributed by atoms with van der Waals surface area (Å²) in [6, 6.07) is 13.6. The van der Waals surface area contributed by atoms with Gasteiger partial charge in [0.2, 0.25) is 5.91 Å². The zero-order valence-corrected chi connectivity index (χ0v) is 19.1. The van der Waals surface area contributed by atoms with Crippen molar-refractivity contribution in [2.24, 2.45) is 5.92 Å². The molecule has 0 unspecified atom stereocenters. The van der Waals surface area contributed by atoms with Gasteiger partial charge in [-0.05, 0) is 55.2 Å². The lowest BCUT2D eigenvalue weighted by molar-refractivity contribution is -0.121. The number of nitrogens with one attached hydrogen (secondary N) is 2. The van der Waals surface area contributed by atoms with Crippen LogP contribution < -0.4 is 15.4 Å². The largest absolute Gasteiger partial charge is 0.513 e. The van der Waals surface area contributed by atoms with Crippen LogP contribution in [0.2, 0.25) is 0 Å². The summed E-state index contributed by atoms with van der Waals surface area (Å²) in [6.07, 6.45) is 7.04. The highest BCUT2D eigenvalue weighted by Crippen LogP contribution is 2.27. The molecule has 3 rings (SSSR count). The van der Waals surface area contributed by atoms with Crippen LogP contribution in [0.3, 0.4) is 0 Å². The van der Waals surface area contributed by atoms with Crippen molar-refractivity contribution in [3.05, 3.63) is 59.7 Å². The van der Waals surface area contributed by atoms with Crippen LogP contribution in [0.5, 0.6) is 5.75 Å². The molecule has 7 nitrogen and oxygen atoms in total. The highest BCUT2D eigenvalue weighted by molar-refractivity contribution is 6.04. The number of amides is 2. The molecule has 1 aliphatic rings. The Morgan fingerprint density at radius 1 is 0.970 bits per heavy atom. The molecule has 2 amide bonds. The lowest BCUT2D eigenvalue weighted by Gasteiger charge is -2.21. The van der Waals surface area contributed by atoms with Gasteiger partial charge in [0.15, 0.2) is 0 Å². The fourth-order valence-electron chi connectivity index (χ4n) is 4.00. The zero-order valence-electron chi connectivity index (χ0n) is 19.1. The van der Waals surface area contributed by atoms with Crippen LogP contribution in [-0.2, 0) is 16.1 Å². The van der Waals surface area contributed by atoms with E-state index in [0.29, 0.717) is 35.9 Å². The fourth-order valence-corrected chi connectivity index (χ4v) is 4.00. The molecule has 33 heavy (non-hydrogen) atoms. The Morgan fingerprint density at radius 2 is 1.70 bits per heavy atom. The van der Waals surface area contributed by atoms with Crippen molar-refractivity contribution in [2.75, 3.05) is 11.9 Å². The van der Waals surface area contributed by atoms with Gasteiger partial charge in [0.05, 0.1) is 6.61 Å². The van der Waals surface area contributed by atoms with Crippen LogP contribution in [0.25, 0.3) is 0 Å². The van der Waals surface area contributed by atoms with Gasteiger partial charge in [-0.25, -0.2) is 4.79 Å². The standard InChI is InChI=1S/C26H32N2O5/c1-2-32-26(31)33-22-15-13-20(14-16-22)25(30)28-23-11-7-6-10-21(23)18-27-24(29)17-12-19-8-4-3-5-9-19/h6-7,10-11,13-16,19H,2-5,8-9,12,17-18H2,1H3,(H,27,29)(H,28,30). The minimum absolute atomic E-state index is 0.0406. The normalized spacial score (nSPS) is 13.7. The molecule has 0 bridgehead atoms. The maximum Gasteiger partial charge on any atom is 0.513 e. The first-order valence-corrected chi connectivity index (χ1v) is 11.7. The molecule has 2 aromatic rings. The predicted molar refractivity (Wildman–Crippen MR) is 126 cm³/mol. The monoisotopic (exact) mass is 452 g/mol. The van der Waals surface area contributed by atoms with Gasteiger partial charge in [0.1, 0.15) is 5.75 Å². The number of anilines is 1. The minimum Gasteiger partial charge on any atom is -0.434 e. The molecule has 0 spiro atoms. The van der Waals surface area contributed by atoms with Crippen molar-refractivity contribution in [2.45, 2.75) is 58.4 Å². The maximum atomic E-state index is 12.7. The Morgan fingerprint density at radius 3 is 2.42 bits per heavy atom. The van der Waals surface area contributed by atoms with Gasteiger partial charge in [0.25, 0.3) is 5.91 Å². The molecule has 2 aromatic carbocycles. The molecule has 1 saturated carbocycles. The van der Waals surface area contributed by atoms with Crippen molar-refractivity contribution in [1.82, 2.24) is 5.32 Å². The van der Waals surface area contributed by atoms with Crippen LogP contribution in [0.4, 0.5) is 10.5 Å². The molecule has 0 saturated heterocycles. The van der Waals surface area contributed by atoms with Crippen LogP contribution in [0.1, 0.15) is 67.8 Å². The zero-order chi connectivity index (χ0) is 23.5. The summed E-state index contributed by atoms with van der Waals surface area (Å²) in [5.74, 6) is 0.708. The molecular weight excluding hydrogens is 420 g/mol. The van der Waals surface area contributed by atoms with Gasteiger partial charge in [-0.3, -0.25) is 9.59 Å². The summed E-state index contributed by atoms with van der Waals surface area (Å²) in [4.78, 5) is 36.4. The summed E-state index contributed by atoms with van der Waals surface area (Å²) in [5, 5.41) is 5.87. The molecule has 0 aliphatic heterocycles. The van der Waals surface area contributed by atoms with E-state index in [9.17, 15) is 14.4 Å². The number of hydrogen-bond donors (Lipinski definition) is 2. The van der Waals surface area contributed by atoms with Crippen LogP contribution in [-0.4, -0.2) is 24.6 Å². The summed E-state index contributed by atoms with van der Waals surface area (Å²) in [7, 11) is 0. The van der Waals surface area contributed by atoms with Gasteiger partial charge in [0, 0.05) is 24.2 Å². The van der Waals surface area contributed by atoms with E-state index in [0.717, 1.165) is 12.0 Å². The Hall–Kier alpha value is -3.35. The topological polar surface area (TPSA) is 93.7 Å². The minimum atomic E-state index is -0.788. The lowest BCUT2D eigenvalue weighted by atomic mass is 9.86. The van der Waals surface area contributed by atoms with E-state index in [-0.39, 0.29) is 18.4 Å². The lowest BCUT2D eigenvalue weighted by Crippen LogP contribution is -2.24. The van der Waals surface area contributed by atoms with E-state index in [4.69, 9.17) is 9.47 Å². The molecule has 0 atom stereocenters. The quantitative estimate of drug-likeness (QED) is 0.390. The number of hydrogen-bond acceptors (Lipinski definition) is 5. The van der Waals surface area contributed by atoms with Gasteiger partial charge < -0.3 is 20.1 Å². The average Bonchev–Trinajstić information content (AvgIpc) is 2.83. The van der Waals surface area contributed by atoms with Gasteiger partial charge in [-0.1, -0.05) is 50.3 Å². The molecule has 0 radical (unpaired) electrons. The third kappa shape index (κ3) is 7.93. The second kappa shape index (κ2) is 12.6. The second-order valence-electron chi connectivity index (χ2n) is 8.24. The van der Waals surface area contributed by atoms with Crippen LogP contribution in [0.15, 0.2) is 48.5 Å². The summed E-state index contributed by atoms with van der Waals surface area (Å²) in [5.41, 5.74) is 1.89. The molecule has 1 aliphatic carbocycles. The predicted octanol–water partition coefficient (Wildman–Crippen LogP) is 5.45. The second-order valence-corrected chi connectivity index (χ2v) is 8.24. The Balaban J connectivity index is 1.51. The molecule has 1 fully saturated rings. The van der Waals surface area contributed by atoms with Gasteiger partial charge in [-0.15, -0.1) is 0 Å². The number of rotatable bonds is 9. The van der Waals surface area contributed by atoms with Crippen molar-refractivity contribution < 1.29 is 23.9 Å². The Bertz CT molecular complexity index is 936. The Labute approximate surface area is 194 Å². The van der Waals surface area contributed by atoms with E-state index in [1.165, 1.54) is 44.2 Å². The number of carbonyl (C=O) groups is 3. The number of carbonyl (C=O) groups excluding carboxylic acids is 3. The number of ether oxygens (including phenoxy) is 2. The van der Waals surface area contributed by atoms with Crippen LogP contribution in [0, 0.1) is 5.92 Å². The molecule has 176 valence electrons. The van der Waals surface area contributed by atoms with Crippen molar-refractivity contribution in [3.63, 3.8) is 0 Å². The SMILES string of the molecule is CCOC(=O)Oc1ccc(C(=O)Nc2ccccc2CNC(=O)CCC2CCCCC2)cc1. The van der Waals surface area contributed by atoms with Crippen LogP contribution >= 0.6 is 0 Å². The summed E-state index contributed by atoms with van der Waals surface area (Å²) in [6.45, 7) is 2.27. The summed E-state index contributed by atoms with van der Waals surface area (Å²) < 4.78 is 9.74. The molecule has 7 heteroatoms. The highest BCUT2D eigenvalue weighted by Gasteiger charge is 2.15. The third-order valence-electron chi connectivity index (χ3n) is 5.83. The smallest absolute Gasteiger partial charge is 0.434 e. The summed E-state index contributed by atoms with van der Waals surface area (Å²) >= 11 is 0. The molecular formula is C26H32N2O5. The average molecular weight is 453 g/mol. The highest BCUT2D eigenvalue weighted by atomic mass is 16.7. The van der Waals surface area contributed by atoms with Crippen molar-refractivity contribution >= 4 is 23.7 Å². The first-order valence-electron chi connectivity index (χ1n) is 11.7. The first-order chi connectivity index (χ1) is 16.0. The first kappa shape index (κ1) is 24.3. The van der Waals surface area contributed by atoms with E-state index < -0.39 is 6.16 Å². The Kier molecular flexibility index (Phi) is 9.30. The van der Waals surface area contributed by atoms with Gasteiger partial charge in [-0.2, -0.15) is 0 Å². The fraction of sp³-hybridized carbons (Fsp3) is 0.423. The number of para-hydroxylation sites is 1. The van der Waals surface area contributed by atoms with E-state index >= 15 is 0 Å². The third-order valence-corrected chi connectivity index (χ3v) is 5.83. The molecule has 0 heterocycles.